The van der Waals surface area contributed by atoms with Crippen LogP contribution < -0.4 is 0 Å². The lowest BCUT2D eigenvalue weighted by Crippen LogP contribution is -1.68. The second-order valence-electron chi connectivity index (χ2n) is 2.01. The van der Waals surface area contributed by atoms with Crippen LogP contribution in [0.25, 0.3) is 0 Å². The zero-order valence-corrected chi connectivity index (χ0v) is 5.34. The van der Waals surface area contributed by atoms with Crippen molar-refractivity contribution in [3.8, 4) is 11.8 Å². The van der Waals surface area contributed by atoms with E-state index < -0.39 is 0 Å². The minimum absolute atomic E-state index is 0.199. The van der Waals surface area contributed by atoms with E-state index in [1.165, 1.54) is 0 Å². The summed E-state index contributed by atoms with van der Waals surface area (Å²) in [6.45, 7) is 3.30. The van der Waals surface area contributed by atoms with Gasteiger partial charge >= 0.3 is 0 Å². The predicted molar refractivity (Wildman–Crippen MR) is 33.6 cm³/mol. The summed E-state index contributed by atoms with van der Waals surface area (Å²) in [6, 6.07) is 0. The smallest absolute Gasteiger partial charge is 0.194 e. The number of nitrogens with one attached hydrogen (secondary N) is 1. The molecule has 0 aromatic carbocycles. The number of hydrogen-bond acceptors (Lipinski definition) is 2. The molecule has 50 valence electrons. The van der Waals surface area contributed by atoms with E-state index in [9.17, 15) is 0 Å². The van der Waals surface area contributed by atoms with Crippen LogP contribution in [0.1, 0.15) is 11.1 Å². The average Bonchev–Trinajstić information content (AvgIpc) is 2.07. The van der Waals surface area contributed by atoms with Crippen molar-refractivity contribution >= 4 is 0 Å². The summed E-state index contributed by atoms with van der Waals surface area (Å²) in [5.74, 6) is -0.398. The summed E-state index contributed by atoms with van der Waals surface area (Å²) in [6.07, 6.45) is 0. The third-order valence-corrected chi connectivity index (χ3v) is 1.45. The Labute approximate surface area is 54.4 Å². The molecule has 1 aromatic heterocycles. The highest BCUT2D eigenvalue weighted by Crippen LogP contribution is 2.26. The number of hydrogen-bond donors (Lipinski definition) is 3. The fraction of sp³-hybridized carbons (Fsp3) is 0.333. The first-order chi connectivity index (χ1) is 4.55. The predicted octanol–water partition coefficient (Wildman–Crippen LogP) is 1.04. The molecule has 1 aromatic rings. The molecule has 0 aliphatic rings. The van der Waals surface area contributed by atoms with Crippen LogP contribution in [0.2, 0.25) is 1.41 Å². The fourth-order valence-corrected chi connectivity index (χ4v) is 0.603. The van der Waals surface area contributed by atoms with Crippen molar-refractivity contribution in [1.29, 1.82) is 0 Å². The average molecular weight is 129 g/mol. The van der Waals surface area contributed by atoms with Gasteiger partial charge in [0.2, 0.25) is 0 Å². The second-order valence-corrected chi connectivity index (χ2v) is 2.01. The lowest BCUT2D eigenvalue weighted by molar-refractivity contribution is 0.423. The lowest BCUT2D eigenvalue weighted by Gasteiger charge is -1.85. The molecule has 1 heterocycles. The Morgan fingerprint density at radius 2 is 1.56 bits per heavy atom. The van der Waals surface area contributed by atoms with Crippen LogP contribution in [-0.4, -0.2) is 15.2 Å². The minimum atomic E-state index is -0.199. The van der Waals surface area contributed by atoms with Gasteiger partial charge in [-0.3, -0.25) is 4.98 Å². The maximum atomic E-state index is 9.02. The first-order valence-electron chi connectivity index (χ1n) is 3.09. The van der Waals surface area contributed by atoms with Crippen LogP contribution in [0.15, 0.2) is 0 Å². The topological polar surface area (TPSA) is 56.2 Å². The monoisotopic (exact) mass is 129 g/mol. The van der Waals surface area contributed by atoms with Gasteiger partial charge in [0.25, 0.3) is 0 Å². The molecule has 3 N–H and O–H groups in total. The minimum Gasteiger partial charge on any atom is -0.494 e. The van der Waals surface area contributed by atoms with Crippen LogP contribution in [-0.2, 0) is 0 Å². The SMILES string of the molecule is [3H]n1c(O)c(C)c(C)c1O. The van der Waals surface area contributed by atoms with Gasteiger partial charge < -0.3 is 10.2 Å². The normalized spacial score (nSPS) is 11.6. The molecule has 0 aliphatic heterocycles. The zero-order valence-electron chi connectivity index (χ0n) is 6.34. The molecule has 0 amide bonds. The Balaban J connectivity index is 3.44. The van der Waals surface area contributed by atoms with Crippen LogP contribution in [0.4, 0.5) is 0 Å². The molecule has 0 unspecified atom stereocenters. The molecular formula is C6H9NO2. The van der Waals surface area contributed by atoms with E-state index in [4.69, 9.17) is 11.6 Å². The Hall–Kier alpha value is -1.12. The van der Waals surface area contributed by atoms with Gasteiger partial charge in [-0.05, 0) is 13.8 Å². The molecule has 0 saturated heterocycles. The molecule has 3 heteroatoms. The lowest BCUT2D eigenvalue weighted by atomic mass is 10.2. The van der Waals surface area contributed by atoms with Crippen molar-refractivity contribution < 1.29 is 11.6 Å². The molecule has 1 rings (SSSR count). The van der Waals surface area contributed by atoms with Crippen LogP contribution >= 0.6 is 0 Å². The first kappa shape index (κ1) is 4.73. The van der Waals surface area contributed by atoms with E-state index in [1.54, 1.807) is 13.8 Å². The van der Waals surface area contributed by atoms with Crippen molar-refractivity contribution in [1.82, 2.24) is 4.98 Å². The molecule has 0 fully saturated rings. The molecule has 3 nitrogen and oxygen atoms in total. The third kappa shape index (κ3) is 0.740. The van der Waals surface area contributed by atoms with E-state index in [-0.39, 0.29) is 11.8 Å². The summed E-state index contributed by atoms with van der Waals surface area (Å²) in [5, 5.41) is 18.0. The molecule has 0 bridgehead atoms. The number of aromatic nitrogens is 1. The van der Waals surface area contributed by atoms with E-state index in [1.807, 2.05) is 0 Å². The number of rotatable bonds is 0. The number of H-pyrrole nitrogens is 1. The van der Waals surface area contributed by atoms with Gasteiger partial charge in [-0.25, -0.2) is 0 Å². The van der Waals surface area contributed by atoms with E-state index in [0.29, 0.717) is 16.1 Å². The molecule has 9 heavy (non-hydrogen) atoms. The van der Waals surface area contributed by atoms with Gasteiger partial charge in [0, 0.05) is 11.1 Å². The van der Waals surface area contributed by atoms with E-state index >= 15 is 0 Å². The summed E-state index contributed by atoms with van der Waals surface area (Å²) >= 11 is 0. The maximum absolute atomic E-state index is 9.02. The number of aromatic amines is 1. The Kier molecular flexibility index (Phi) is 0.886. The van der Waals surface area contributed by atoms with E-state index in [2.05, 4.69) is 0 Å². The van der Waals surface area contributed by atoms with Gasteiger partial charge in [-0.1, -0.05) is 0 Å². The summed E-state index contributed by atoms with van der Waals surface area (Å²) in [4.78, 5) is 0.602. The highest BCUT2D eigenvalue weighted by molar-refractivity contribution is 5.40. The van der Waals surface area contributed by atoms with Gasteiger partial charge in [-0.15, -0.1) is 0 Å². The highest BCUT2D eigenvalue weighted by atomic mass is 16.3. The molecule has 0 saturated carbocycles. The summed E-state index contributed by atoms with van der Waals surface area (Å²) in [7, 11) is 0. The second kappa shape index (κ2) is 1.69. The van der Waals surface area contributed by atoms with Crippen LogP contribution in [0.3, 0.4) is 0 Å². The maximum Gasteiger partial charge on any atom is 0.194 e. The zero-order chi connectivity index (χ0) is 7.89. The summed E-state index contributed by atoms with van der Waals surface area (Å²) in [5.41, 5.74) is 1.10. The Morgan fingerprint density at radius 3 is 1.67 bits per heavy atom. The van der Waals surface area contributed by atoms with Crippen molar-refractivity contribution in [3.63, 3.8) is 0 Å². The molecular weight excluding hydrogens is 118 g/mol. The van der Waals surface area contributed by atoms with E-state index in [0.717, 1.165) is 0 Å². The fourth-order valence-electron chi connectivity index (χ4n) is 0.603. The van der Waals surface area contributed by atoms with Gasteiger partial charge in [0.15, 0.2) is 13.2 Å². The third-order valence-electron chi connectivity index (χ3n) is 1.45. The van der Waals surface area contributed by atoms with Gasteiger partial charge in [0.05, 0.1) is 0 Å². The Morgan fingerprint density at radius 1 is 1.22 bits per heavy atom. The molecule has 0 aliphatic carbocycles. The summed E-state index contributed by atoms with van der Waals surface area (Å²) < 4.78 is 7.02. The van der Waals surface area contributed by atoms with Crippen molar-refractivity contribution in [2.24, 2.45) is 0 Å². The van der Waals surface area contributed by atoms with Gasteiger partial charge in [0.1, 0.15) is 0 Å². The van der Waals surface area contributed by atoms with Crippen molar-refractivity contribution in [3.05, 3.63) is 11.1 Å². The number of aromatic hydroxyl groups is 2. The standard InChI is InChI=1S/C6H9NO2/c1-3-4(2)6(9)7-5(3)8/h7-9H,1-2H3/i/hT. The van der Waals surface area contributed by atoms with Crippen LogP contribution in [0, 0.1) is 13.8 Å². The first-order valence-corrected chi connectivity index (χ1v) is 2.64. The largest absolute Gasteiger partial charge is 0.494 e. The molecule has 0 atom stereocenters. The van der Waals surface area contributed by atoms with Crippen LogP contribution in [0.5, 0.6) is 11.8 Å². The highest BCUT2D eigenvalue weighted by Gasteiger charge is 2.06. The molecule has 0 radical (unpaired) electrons. The quantitative estimate of drug-likeness (QED) is 0.490. The Bertz CT molecular complexity index is 187. The molecule has 0 spiro atoms. The van der Waals surface area contributed by atoms with Crippen molar-refractivity contribution in [2.75, 3.05) is 0 Å². The van der Waals surface area contributed by atoms with Gasteiger partial charge in [-0.2, -0.15) is 0 Å². The van der Waals surface area contributed by atoms with Crippen molar-refractivity contribution in [2.45, 2.75) is 13.8 Å².